The molecule has 0 radical (unpaired) electrons. The van der Waals surface area contributed by atoms with Crippen LogP contribution in [0.1, 0.15) is 95.0 Å². The number of benzene rings is 4. The smallest absolute Gasteiger partial charge is 0.0521 e. The minimum absolute atomic E-state index is 0.899. The zero-order chi connectivity index (χ0) is 38.2. The molecule has 0 saturated heterocycles. The van der Waals surface area contributed by atoms with E-state index in [1.807, 2.05) is 0 Å². The molecule has 8 bridgehead atoms. The molecule has 0 aliphatic carbocycles. The fourth-order valence-electron chi connectivity index (χ4n) is 9.10. The van der Waals surface area contributed by atoms with E-state index < -0.39 is 0 Å². The van der Waals surface area contributed by atoms with E-state index in [-0.39, 0.29) is 0 Å². The van der Waals surface area contributed by atoms with Crippen LogP contribution < -0.4 is 21.4 Å². The van der Waals surface area contributed by atoms with E-state index in [1.165, 1.54) is 77.7 Å². The molecule has 0 unspecified atom stereocenters. The Balaban J connectivity index is 1.56. The molecule has 0 fully saturated rings. The van der Waals surface area contributed by atoms with E-state index in [4.69, 9.17) is 0 Å². The minimum atomic E-state index is 0.899. The Morgan fingerprint density at radius 3 is 1.16 bits per heavy atom. The summed E-state index contributed by atoms with van der Waals surface area (Å²) in [6, 6.07) is 52.5. The lowest BCUT2D eigenvalue weighted by Gasteiger charge is -2.11. The van der Waals surface area contributed by atoms with Gasteiger partial charge in [-0.2, -0.15) is 0 Å². The highest BCUT2D eigenvalue weighted by Gasteiger charge is 2.26. The van der Waals surface area contributed by atoms with Gasteiger partial charge in [-0.3, -0.25) is 0 Å². The van der Waals surface area contributed by atoms with Crippen molar-refractivity contribution in [2.24, 2.45) is 0 Å². The molecule has 1 aliphatic heterocycles. The second-order valence-electron chi connectivity index (χ2n) is 14.6. The van der Waals surface area contributed by atoms with Crippen molar-refractivity contribution in [1.82, 2.24) is 19.9 Å². The van der Waals surface area contributed by atoms with Gasteiger partial charge >= 0.3 is 0 Å². The van der Waals surface area contributed by atoms with Gasteiger partial charge in [0.1, 0.15) is 0 Å². The van der Waals surface area contributed by atoms with Gasteiger partial charge in [-0.05, 0) is 94.5 Å². The second kappa shape index (κ2) is 15.0. The van der Waals surface area contributed by atoms with Crippen molar-refractivity contribution in [3.05, 3.63) is 234 Å². The van der Waals surface area contributed by atoms with Crippen molar-refractivity contribution in [2.75, 3.05) is 0 Å². The molecule has 8 aromatic rings. The Kier molecular flexibility index (Phi) is 9.40. The molecule has 4 nitrogen and oxygen atoms in total. The monoisotopic (exact) mass is 728 g/mol. The fraction of sp³-hybridized carbons (Fsp3) is 0.154. The maximum absolute atomic E-state index is 4.17. The Hall–Kier alpha value is -6.52. The van der Waals surface area contributed by atoms with Crippen LogP contribution in [0.3, 0.4) is 0 Å². The van der Waals surface area contributed by atoms with Crippen LogP contribution in [-0.4, -0.2) is 19.9 Å². The van der Waals surface area contributed by atoms with E-state index in [9.17, 15) is 0 Å². The molecule has 0 amide bonds. The third-order valence-electron chi connectivity index (χ3n) is 11.5. The molecule has 0 saturated carbocycles. The topological polar surface area (TPSA) is 63.2 Å². The first-order valence-electron chi connectivity index (χ1n) is 20.2. The number of rotatable bonds is 8. The van der Waals surface area contributed by atoms with Crippen LogP contribution in [-0.2, 0) is 25.7 Å². The quantitative estimate of drug-likeness (QED) is 0.121. The van der Waals surface area contributed by atoms with Crippen molar-refractivity contribution in [3.8, 4) is 0 Å². The minimum Gasteiger partial charge on any atom is -0.354 e. The van der Waals surface area contributed by atoms with Crippen LogP contribution in [0.25, 0.3) is 22.3 Å². The molecule has 4 aromatic heterocycles. The summed E-state index contributed by atoms with van der Waals surface area (Å²) in [7, 11) is 0. The molecular formula is C52H48N4. The molecule has 4 N–H and O–H groups in total. The Morgan fingerprint density at radius 1 is 0.304 bits per heavy atom. The molecule has 5 heterocycles. The normalized spacial score (nSPS) is 16.6. The van der Waals surface area contributed by atoms with Crippen molar-refractivity contribution in [1.29, 1.82) is 0 Å². The van der Waals surface area contributed by atoms with E-state index in [0.29, 0.717) is 0 Å². The first-order valence-corrected chi connectivity index (χ1v) is 20.2. The lowest BCUT2D eigenvalue weighted by Crippen LogP contribution is -2.20. The SMILES string of the molecule is CCc1c2[nH]c(c1CC)/C(c1ccccc1)=c1\[nH]/c(c(CC)c1CC)=C(/c1ccccc1)c1ccc([nH]1)/C(c1ccccc1)=c1/cc/c([nH]1)=C/2c1ccccc1. The van der Waals surface area contributed by atoms with Gasteiger partial charge in [-0.15, -0.1) is 0 Å². The van der Waals surface area contributed by atoms with E-state index in [1.54, 1.807) is 0 Å². The second-order valence-corrected chi connectivity index (χ2v) is 14.6. The van der Waals surface area contributed by atoms with Gasteiger partial charge in [-0.25, -0.2) is 0 Å². The summed E-state index contributed by atoms with van der Waals surface area (Å²) in [4.78, 5) is 16.3. The van der Waals surface area contributed by atoms with Crippen LogP contribution in [0, 0.1) is 0 Å². The van der Waals surface area contributed by atoms with Gasteiger partial charge in [0.2, 0.25) is 0 Å². The Labute approximate surface area is 328 Å². The van der Waals surface area contributed by atoms with E-state index in [2.05, 4.69) is 193 Å². The molecule has 4 heteroatoms. The number of aromatic amines is 4. The first-order chi connectivity index (χ1) is 27.6. The predicted octanol–water partition coefficient (Wildman–Crippen LogP) is 8.55. The standard InChI is InChI=1S/C52H48N4/c1-5-37-39(7-3)51-48(36-27-19-12-20-28-36)52-40(8-4)38(6-2)50(56-52)47(35-25-17-11-18-26-35)44-32-30-42(54-44)45(33-21-13-9-14-22-33)41-29-31-43(53-41)46(49(37)55-51)34-23-15-10-16-24-34/h9-32,53-56H,5-8H2,1-4H3/b45-41-,45-42?,46-43-,47-44?,49-46?,50-47-,51-48?,52-48-. The number of hydrogen-bond donors (Lipinski definition) is 4. The molecule has 4 aromatic carbocycles. The summed E-state index contributed by atoms with van der Waals surface area (Å²) in [5, 5.41) is 4.48. The maximum Gasteiger partial charge on any atom is 0.0521 e. The summed E-state index contributed by atoms with van der Waals surface area (Å²) in [6.45, 7) is 9.21. The molecule has 1 aliphatic rings. The molecule has 0 spiro atoms. The van der Waals surface area contributed by atoms with Gasteiger partial charge in [0, 0.05) is 44.4 Å². The number of H-pyrrole nitrogens is 4. The first kappa shape index (κ1) is 35.2. The molecule has 0 atom stereocenters. The summed E-state index contributed by atoms with van der Waals surface area (Å²) in [5.41, 5.74) is 19.3. The highest BCUT2D eigenvalue weighted by Crippen LogP contribution is 2.34. The molecule has 276 valence electrons. The zero-order valence-corrected chi connectivity index (χ0v) is 32.7. The van der Waals surface area contributed by atoms with Crippen molar-refractivity contribution in [2.45, 2.75) is 53.4 Å². The van der Waals surface area contributed by atoms with Crippen LogP contribution in [0.5, 0.6) is 0 Å². The summed E-state index contributed by atoms with van der Waals surface area (Å²) in [5.74, 6) is 0. The fourth-order valence-corrected chi connectivity index (χ4v) is 9.10. The molecule has 56 heavy (non-hydrogen) atoms. The van der Waals surface area contributed by atoms with E-state index >= 15 is 0 Å². The maximum atomic E-state index is 4.17. The lowest BCUT2D eigenvalue weighted by atomic mass is 9.92. The van der Waals surface area contributed by atoms with Crippen LogP contribution >= 0.6 is 0 Å². The van der Waals surface area contributed by atoms with Crippen molar-refractivity contribution >= 4 is 22.3 Å². The van der Waals surface area contributed by atoms with Gasteiger partial charge in [0.05, 0.1) is 22.1 Å². The highest BCUT2D eigenvalue weighted by molar-refractivity contribution is 5.87. The highest BCUT2D eigenvalue weighted by atomic mass is 14.8. The molecular weight excluding hydrogens is 681 g/mol. The van der Waals surface area contributed by atoms with Crippen LogP contribution in [0.2, 0.25) is 0 Å². The van der Waals surface area contributed by atoms with Gasteiger partial charge in [0.25, 0.3) is 0 Å². The van der Waals surface area contributed by atoms with Gasteiger partial charge in [0.15, 0.2) is 0 Å². The van der Waals surface area contributed by atoms with Crippen LogP contribution in [0.4, 0.5) is 0 Å². The molecule has 9 rings (SSSR count). The number of hydrogen-bond acceptors (Lipinski definition) is 0. The number of fused-ring (bicyclic) bond motifs is 8. The third-order valence-corrected chi connectivity index (χ3v) is 11.5. The predicted molar refractivity (Wildman–Crippen MR) is 231 cm³/mol. The number of aromatic nitrogens is 4. The average molecular weight is 729 g/mol. The largest absolute Gasteiger partial charge is 0.354 e. The zero-order valence-electron chi connectivity index (χ0n) is 32.7. The summed E-state index contributed by atoms with van der Waals surface area (Å²) < 4.78 is 0. The van der Waals surface area contributed by atoms with Crippen molar-refractivity contribution in [3.63, 3.8) is 0 Å². The summed E-state index contributed by atoms with van der Waals surface area (Å²) >= 11 is 0. The number of nitrogens with one attached hydrogen (secondary N) is 4. The third kappa shape index (κ3) is 5.93. The Morgan fingerprint density at radius 2 is 0.679 bits per heavy atom. The Bertz CT molecular complexity index is 2920. The summed E-state index contributed by atoms with van der Waals surface area (Å²) in [6.07, 6.45) is 3.60. The van der Waals surface area contributed by atoms with E-state index in [0.717, 1.165) is 58.9 Å². The average Bonchev–Trinajstić information content (AvgIpc) is 4.06. The van der Waals surface area contributed by atoms with Gasteiger partial charge in [-0.1, -0.05) is 149 Å². The lowest BCUT2D eigenvalue weighted by molar-refractivity contribution is 1.03. The van der Waals surface area contributed by atoms with Crippen molar-refractivity contribution < 1.29 is 0 Å². The van der Waals surface area contributed by atoms with Crippen LogP contribution in [0.15, 0.2) is 146 Å². The van der Waals surface area contributed by atoms with Gasteiger partial charge < -0.3 is 19.9 Å².